The second kappa shape index (κ2) is 7.06. The topological polar surface area (TPSA) is 96.8 Å². The molecule has 0 radical (unpaired) electrons. The first-order chi connectivity index (χ1) is 12.3. The highest BCUT2D eigenvalue weighted by Crippen LogP contribution is 2.40. The Morgan fingerprint density at radius 2 is 2.04 bits per heavy atom. The third kappa shape index (κ3) is 3.44. The van der Waals surface area contributed by atoms with E-state index < -0.39 is 11.7 Å². The van der Waals surface area contributed by atoms with E-state index in [1.54, 1.807) is 25.2 Å². The molecule has 9 nitrogen and oxygen atoms in total. The van der Waals surface area contributed by atoms with Gasteiger partial charge in [-0.25, -0.2) is 4.98 Å². The van der Waals surface area contributed by atoms with Gasteiger partial charge in [0.05, 0.1) is 13.1 Å². The van der Waals surface area contributed by atoms with Gasteiger partial charge in [-0.1, -0.05) is 0 Å². The van der Waals surface area contributed by atoms with Crippen molar-refractivity contribution in [2.45, 2.75) is 38.0 Å². The SMILES string of the molecule is CC(=O)NCC(=O)N1CCC2(CC1)OC(C(=O)N(C)C)Cn1ccnc12. The number of likely N-dealkylation sites (N-methyl/N-ethyl adjacent to an activating group) is 1. The monoisotopic (exact) mass is 363 g/mol. The largest absolute Gasteiger partial charge is 0.352 e. The molecule has 1 unspecified atom stereocenters. The number of ether oxygens (including phenoxy) is 1. The molecule has 2 aliphatic rings. The van der Waals surface area contributed by atoms with E-state index in [1.165, 1.54) is 11.8 Å². The highest BCUT2D eigenvalue weighted by molar-refractivity contribution is 5.83. The first-order valence-corrected chi connectivity index (χ1v) is 8.75. The molecule has 26 heavy (non-hydrogen) atoms. The number of hydrogen-bond acceptors (Lipinski definition) is 5. The third-order valence-corrected chi connectivity index (χ3v) is 4.98. The van der Waals surface area contributed by atoms with Crippen LogP contribution in [-0.2, 0) is 31.3 Å². The Labute approximate surface area is 152 Å². The minimum absolute atomic E-state index is 0.000439. The molecule has 0 bridgehead atoms. The van der Waals surface area contributed by atoms with Crippen LogP contribution in [0.1, 0.15) is 25.6 Å². The molecule has 1 saturated heterocycles. The zero-order chi connectivity index (χ0) is 18.9. The molecule has 1 spiro atoms. The zero-order valence-corrected chi connectivity index (χ0v) is 15.4. The number of aromatic nitrogens is 2. The molecule has 1 aromatic rings. The minimum Gasteiger partial charge on any atom is -0.352 e. The van der Waals surface area contributed by atoms with Crippen molar-refractivity contribution in [1.29, 1.82) is 0 Å². The van der Waals surface area contributed by atoms with Gasteiger partial charge in [0.25, 0.3) is 5.91 Å². The van der Waals surface area contributed by atoms with Crippen molar-refractivity contribution in [1.82, 2.24) is 24.7 Å². The van der Waals surface area contributed by atoms with Gasteiger partial charge in [0.15, 0.2) is 6.10 Å². The van der Waals surface area contributed by atoms with E-state index in [2.05, 4.69) is 10.3 Å². The number of likely N-dealkylation sites (tertiary alicyclic amines) is 1. The lowest BCUT2D eigenvalue weighted by Gasteiger charge is -2.45. The minimum atomic E-state index is -0.664. The maximum atomic E-state index is 12.4. The van der Waals surface area contributed by atoms with Crippen LogP contribution in [-0.4, -0.2) is 76.9 Å². The van der Waals surface area contributed by atoms with Crippen molar-refractivity contribution in [3.05, 3.63) is 18.2 Å². The van der Waals surface area contributed by atoms with Crippen LogP contribution in [0.5, 0.6) is 0 Å². The maximum Gasteiger partial charge on any atom is 0.253 e. The standard InChI is InChI=1S/C17H25N5O4/c1-12(23)19-10-14(24)21-7-4-17(5-8-21)16-18-6-9-22(16)11-13(26-17)15(25)20(2)3/h6,9,13H,4-5,7-8,10-11H2,1-3H3,(H,19,23). The lowest BCUT2D eigenvalue weighted by Crippen LogP contribution is -2.55. The second-order valence-corrected chi connectivity index (χ2v) is 7.03. The van der Waals surface area contributed by atoms with E-state index in [4.69, 9.17) is 4.74 Å². The van der Waals surface area contributed by atoms with E-state index in [0.717, 1.165) is 5.82 Å². The number of carbonyl (C=O) groups is 3. The van der Waals surface area contributed by atoms with E-state index in [9.17, 15) is 14.4 Å². The predicted octanol–water partition coefficient (Wildman–Crippen LogP) is -0.676. The van der Waals surface area contributed by atoms with E-state index >= 15 is 0 Å². The highest BCUT2D eigenvalue weighted by atomic mass is 16.5. The average Bonchev–Trinajstić information content (AvgIpc) is 3.09. The second-order valence-electron chi connectivity index (χ2n) is 7.03. The van der Waals surface area contributed by atoms with Gasteiger partial charge in [-0.2, -0.15) is 0 Å². The van der Waals surface area contributed by atoms with Gasteiger partial charge in [-0.3, -0.25) is 14.4 Å². The van der Waals surface area contributed by atoms with Crippen LogP contribution in [0.15, 0.2) is 12.4 Å². The number of nitrogens with one attached hydrogen (secondary N) is 1. The lowest BCUT2D eigenvalue weighted by atomic mass is 9.88. The molecular weight excluding hydrogens is 338 g/mol. The normalized spacial score (nSPS) is 21.2. The quantitative estimate of drug-likeness (QED) is 0.768. The lowest BCUT2D eigenvalue weighted by molar-refractivity contribution is -0.181. The van der Waals surface area contributed by atoms with Crippen molar-refractivity contribution >= 4 is 17.7 Å². The summed E-state index contributed by atoms with van der Waals surface area (Å²) in [6, 6.07) is 0. The number of amides is 3. The number of nitrogens with zero attached hydrogens (tertiary/aromatic N) is 4. The van der Waals surface area contributed by atoms with Gasteiger partial charge >= 0.3 is 0 Å². The number of rotatable bonds is 3. The molecule has 1 fully saturated rings. The Bertz CT molecular complexity index is 706. The molecule has 0 aliphatic carbocycles. The van der Waals surface area contributed by atoms with E-state index in [1.807, 2.05) is 10.8 Å². The van der Waals surface area contributed by atoms with Gasteiger partial charge in [0.2, 0.25) is 11.8 Å². The fraction of sp³-hybridized carbons (Fsp3) is 0.647. The van der Waals surface area contributed by atoms with Crippen LogP contribution >= 0.6 is 0 Å². The van der Waals surface area contributed by atoms with Gasteiger partial charge in [-0.15, -0.1) is 0 Å². The number of hydrogen-bond donors (Lipinski definition) is 1. The van der Waals surface area contributed by atoms with Gasteiger partial charge in [0, 0.05) is 59.3 Å². The summed E-state index contributed by atoms with van der Waals surface area (Å²) in [5.74, 6) is 0.395. The van der Waals surface area contributed by atoms with Crippen LogP contribution in [0, 0.1) is 0 Å². The molecule has 142 valence electrons. The van der Waals surface area contributed by atoms with Gasteiger partial charge in [-0.05, 0) is 0 Å². The summed E-state index contributed by atoms with van der Waals surface area (Å²) in [5.41, 5.74) is -0.664. The van der Waals surface area contributed by atoms with Crippen molar-refractivity contribution in [2.75, 3.05) is 33.7 Å². The van der Waals surface area contributed by atoms with Crippen LogP contribution in [0.25, 0.3) is 0 Å². The Kier molecular flexibility index (Phi) is 4.99. The van der Waals surface area contributed by atoms with Crippen molar-refractivity contribution in [2.24, 2.45) is 0 Å². The summed E-state index contributed by atoms with van der Waals surface area (Å²) < 4.78 is 8.24. The number of imidazole rings is 1. The smallest absolute Gasteiger partial charge is 0.253 e. The first-order valence-electron chi connectivity index (χ1n) is 8.75. The van der Waals surface area contributed by atoms with Crippen molar-refractivity contribution in [3.63, 3.8) is 0 Å². The maximum absolute atomic E-state index is 12.4. The summed E-state index contributed by atoms with van der Waals surface area (Å²) in [4.78, 5) is 43.4. The summed E-state index contributed by atoms with van der Waals surface area (Å²) >= 11 is 0. The summed E-state index contributed by atoms with van der Waals surface area (Å²) in [6.45, 7) is 2.82. The Morgan fingerprint density at radius 3 is 2.65 bits per heavy atom. The molecule has 1 aromatic heterocycles. The molecule has 3 rings (SSSR count). The summed E-state index contributed by atoms with van der Waals surface area (Å²) in [7, 11) is 3.43. The van der Waals surface area contributed by atoms with Crippen LogP contribution in [0.2, 0.25) is 0 Å². The highest BCUT2D eigenvalue weighted by Gasteiger charge is 2.47. The number of piperidine rings is 1. The Morgan fingerprint density at radius 1 is 1.35 bits per heavy atom. The summed E-state index contributed by atoms with van der Waals surface area (Å²) in [5, 5.41) is 2.53. The fourth-order valence-corrected chi connectivity index (χ4v) is 3.58. The fourth-order valence-electron chi connectivity index (χ4n) is 3.58. The Hall–Kier alpha value is -2.42. The third-order valence-electron chi connectivity index (χ3n) is 4.98. The molecule has 0 aromatic carbocycles. The Balaban J connectivity index is 1.73. The predicted molar refractivity (Wildman–Crippen MR) is 92.0 cm³/mol. The van der Waals surface area contributed by atoms with Crippen LogP contribution in [0.4, 0.5) is 0 Å². The first kappa shape index (κ1) is 18.4. The van der Waals surface area contributed by atoms with E-state index in [0.29, 0.717) is 32.5 Å². The molecular formula is C17H25N5O4. The number of fused-ring (bicyclic) bond motifs is 2. The van der Waals surface area contributed by atoms with Crippen molar-refractivity contribution in [3.8, 4) is 0 Å². The van der Waals surface area contributed by atoms with E-state index in [-0.39, 0.29) is 24.3 Å². The molecule has 2 aliphatic heterocycles. The zero-order valence-electron chi connectivity index (χ0n) is 15.4. The number of carbonyl (C=O) groups excluding carboxylic acids is 3. The van der Waals surface area contributed by atoms with Crippen LogP contribution < -0.4 is 5.32 Å². The van der Waals surface area contributed by atoms with Crippen LogP contribution in [0.3, 0.4) is 0 Å². The van der Waals surface area contributed by atoms with Gasteiger partial charge < -0.3 is 24.4 Å². The molecule has 1 N–H and O–H groups in total. The molecule has 9 heteroatoms. The average molecular weight is 363 g/mol. The van der Waals surface area contributed by atoms with Crippen molar-refractivity contribution < 1.29 is 19.1 Å². The molecule has 3 heterocycles. The molecule has 0 saturated carbocycles. The summed E-state index contributed by atoms with van der Waals surface area (Å²) in [6.07, 6.45) is 4.15. The molecule has 1 atom stereocenters. The molecule has 3 amide bonds. The van der Waals surface area contributed by atoms with Gasteiger partial charge in [0.1, 0.15) is 11.4 Å².